The number of hydrogen-bond acceptors (Lipinski definition) is 3. The number of carbonyl (C=O) groups is 1. The summed E-state index contributed by atoms with van der Waals surface area (Å²) in [5, 5.41) is 10.1. The lowest BCUT2D eigenvalue weighted by Crippen LogP contribution is -2.24. The van der Waals surface area contributed by atoms with Crippen LogP contribution in [0.5, 0.6) is 0 Å². The van der Waals surface area contributed by atoms with Gasteiger partial charge in [-0.1, -0.05) is 23.2 Å². The topological polar surface area (TPSA) is 62.7 Å². The fourth-order valence-electron chi connectivity index (χ4n) is 1.44. The van der Waals surface area contributed by atoms with Crippen LogP contribution in [0.15, 0.2) is 18.2 Å². The van der Waals surface area contributed by atoms with Crippen LogP contribution in [-0.2, 0) is 13.6 Å². The van der Waals surface area contributed by atoms with E-state index in [1.54, 1.807) is 23.7 Å². The lowest BCUT2D eigenvalue weighted by atomic mass is 10.2. The van der Waals surface area contributed by atoms with Crippen LogP contribution in [0.3, 0.4) is 0 Å². The Morgan fingerprint density at radius 1 is 1.47 bits per heavy atom. The van der Waals surface area contributed by atoms with Crippen molar-refractivity contribution in [2.75, 3.05) is 0 Å². The Morgan fingerprint density at radius 2 is 2.21 bits per heavy atom. The number of carbonyl (C=O) groups excluding carboxylic acids is 1. The second-order valence-corrected chi connectivity index (χ2v) is 5.02. The molecule has 0 bridgehead atoms. The van der Waals surface area contributed by atoms with Gasteiger partial charge in [0, 0.05) is 12.6 Å². The molecule has 0 radical (unpaired) electrons. The Bertz CT molecular complexity index is 680. The molecule has 0 fully saturated rings. The summed E-state index contributed by atoms with van der Waals surface area (Å²) in [5.74, 6) is 0.380. The Kier molecular flexibility index (Phi) is 4.24. The first-order valence-electron chi connectivity index (χ1n) is 5.32. The van der Waals surface area contributed by atoms with Crippen molar-refractivity contribution in [2.45, 2.75) is 6.54 Å². The van der Waals surface area contributed by atoms with E-state index in [0.717, 1.165) is 0 Å². The van der Waals surface area contributed by atoms with Gasteiger partial charge in [-0.25, -0.2) is 0 Å². The molecule has 0 spiro atoms. The van der Waals surface area contributed by atoms with E-state index in [0.29, 0.717) is 26.2 Å². The van der Waals surface area contributed by atoms with E-state index in [1.165, 1.54) is 6.07 Å². The molecule has 100 valence electrons. The maximum absolute atomic E-state index is 11.9. The number of hydrogen-bond donors (Lipinski definition) is 2. The van der Waals surface area contributed by atoms with E-state index in [1.807, 2.05) is 0 Å². The van der Waals surface area contributed by atoms with E-state index in [-0.39, 0.29) is 12.5 Å². The average molecular weight is 317 g/mol. The summed E-state index contributed by atoms with van der Waals surface area (Å²) in [6.07, 6.45) is 0. The van der Waals surface area contributed by atoms with Crippen LogP contribution in [0.4, 0.5) is 0 Å². The summed E-state index contributed by atoms with van der Waals surface area (Å²) in [7, 11) is 1.77. The van der Waals surface area contributed by atoms with E-state index < -0.39 is 0 Å². The molecule has 0 saturated carbocycles. The highest BCUT2D eigenvalue weighted by molar-refractivity contribution is 7.71. The first-order valence-corrected chi connectivity index (χ1v) is 6.49. The Labute approximate surface area is 124 Å². The molecule has 0 aliphatic rings. The van der Waals surface area contributed by atoms with Gasteiger partial charge < -0.3 is 9.88 Å². The molecule has 0 aliphatic heterocycles. The highest BCUT2D eigenvalue weighted by atomic mass is 35.5. The number of halogens is 2. The number of benzene rings is 1. The summed E-state index contributed by atoms with van der Waals surface area (Å²) in [6, 6.07) is 4.70. The minimum absolute atomic E-state index is 0.257. The second kappa shape index (κ2) is 5.73. The van der Waals surface area contributed by atoms with Crippen LogP contribution in [0.25, 0.3) is 0 Å². The van der Waals surface area contributed by atoms with Gasteiger partial charge in [0.05, 0.1) is 16.6 Å². The third kappa shape index (κ3) is 3.15. The van der Waals surface area contributed by atoms with E-state index in [9.17, 15) is 4.79 Å². The highest BCUT2D eigenvalue weighted by Crippen LogP contribution is 2.22. The zero-order valence-electron chi connectivity index (χ0n) is 9.91. The van der Waals surface area contributed by atoms with Crippen molar-refractivity contribution in [2.24, 2.45) is 7.05 Å². The molecule has 1 amide bonds. The number of amides is 1. The van der Waals surface area contributed by atoms with Gasteiger partial charge in [-0.05, 0) is 30.4 Å². The van der Waals surface area contributed by atoms with Gasteiger partial charge >= 0.3 is 0 Å². The molecule has 1 aromatic carbocycles. The second-order valence-electron chi connectivity index (χ2n) is 3.82. The third-order valence-electron chi connectivity index (χ3n) is 2.56. The fourth-order valence-corrected chi connectivity index (χ4v) is 1.89. The van der Waals surface area contributed by atoms with Crippen LogP contribution >= 0.6 is 35.4 Å². The van der Waals surface area contributed by atoms with Crippen LogP contribution < -0.4 is 5.32 Å². The molecule has 8 heteroatoms. The highest BCUT2D eigenvalue weighted by Gasteiger charge is 2.09. The molecule has 1 aromatic heterocycles. The SMILES string of the molecule is Cn1c(CNC(=O)c2ccc(Cl)c(Cl)c2)n[nH]c1=S. The van der Waals surface area contributed by atoms with Crippen molar-refractivity contribution in [1.82, 2.24) is 20.1 Å². The lowest BCUT2D eigenvalue weighted by molar-refractivity contribution is 0.0949. The van der Waals surface area contributed by atoms with Crippen molar-refractivity contribution in [3.63, 3.8) is 0 Å². The quantitative estimate of drug-likeness (QED) is 0.856. The van der Waals surface area contributed by atoms with E-state index in [4.69, 9.17) is 35.4 Å². The molecule has 2 rings (SSSR count). The zero-order valence-corrected chi connectivity index (χ0v) is 12.2. The molecule has 1 heterocycles. The summed E-state index contributed by atoms with van der Waals surface area (Å²) < 4.78 is 2.18. The van der Waals surface area contributed by atoms with Gasteiger partial charge in [0.25, 0.3) is 5.91 Å². The Balaban J connectivity index is 2.07. The fraction of sp³-hybridized carbons (Fsp3) is 0.182. The zero-order chi connectivity index (χ0) is 14.0. The molecule has 0 aliphatic carbocycles. The molecule has 2 N–H and O–H groups in total. The number of rotatable bonds is 3. The number of nitrogens with one attached hydrogen (secondary N) is 2. The van der Waals surface area contributed by atoms with Gasteiger partial charge in [-0.2, -0.15) is 5.10 Å². The number of aromatic nitrogens is 3. The summed E-state index contributed by atoms with van der Waals surface area (Å²) in [6.45, 7) is 0.267. The van der Waals surface area contributed by atoms with Gasteiger partial charge in [-0.3, -0.25) is 9.89 Å². The van der Waals surface area contributed by atoms with Crippen LogP contribution in [0.2, 0.25) is 10.0 Å². The third-order valence-corrected chi connectivity index (χ3v) is 3.67. The number of nitrogens with zero attached hydrogens (tertiary/aromatic N) is 2. The molecule has 19 heavy (non-hydrogen) atoms. The van der Waals surface area contributed by atoms with Crippen molar-refractivity contribution in [3.8, 4) is 0 Å². The van der Waals surface area contributed by atoms with E-state index in [2.05, 4.69) is 15.5 Å². The minimum Gasteiger partial charge on any atom is -0.345 e. The van der Waals surface area contributed by atoms with E-state index >= 15 is 0 Å². The van der Waals surface area contributed by atoms with Crippen molar-refractivity contribution in [1.29, 1.82) is 0 Å². The summed E-state index contributed by atoms with van der Waals surface area (Å²) >= 11 is 16.6. The van der Waals surface area contributed by atoms with Gasteiger partial charge in [-0.15, -0.1) is 0 Å². The predicted octanol–water partition coefficient (Wildman–Crippen LogP) is 2.71. The maximum atomic E-state index is 11.9. The lowest BCUT2D eigenvalue weighted by Gasteiger charge is -2.05. The average Bonchev–Trinajstić information content (AvgIpc) is 2.70. The number of aromatic amines is 1. The van der Waals surface area contributed by atoms with Crippen molar-refractivity contribution < 1.29 is 4.79 Å². The first kappa shape index (κ1) is 14.0. The molecular formula is C11H10Cl2N4OS. The van der Waals surface area contributed by atoms with Gasteiger partial charge in [0.15, 0.2) is 10.6 Å². The van der Waals surface area contributed by atoms with Crippen molar-refractivity contribution >= 4 is 41.3 Å². The largest absolute Gasteiger partial charge is 0.345 e. The molecule has 0 unspecified atom stereocenters. The molecular weight excluding hydrogens is 307 g/mol. The normalized spacial score (nSPS) is 10.5. The molecule has 0 saturated heterocycles. The first-order chi connectivity index (χ1) is 8.99. The van der Waals surface area contributed by atoms with Crippen LogP contribution in [0.1, 0.15) is 16.2 Å². The van der Waals surface area contributed by atoms with Gasteiger partial charge in [0.2, 0.25) is 0 Å². The maximum Gasteiger partial charge on any atom is 0.251 e. The van der Waals surface area contributed by atoms with Gasteiger partial charge in [0.1, 0.15) is 0 Å². The van der Waals surface area contributed by atoms with Crippen LogP contribution in [-0.4, -0.2) is 20.7 Å². The minimum atomic E-state index is -0.257. The Hall–Kier alpha value is -1.37. The molecule has 5 nitrogen and oxygen atoms in total. The molecule has 0 atom stereocenters. The smallest absolute Gasteiger partial charge is 0.251 e. The summed E-state index contributed by atoms with van der Waals surface area (Å²) in [4.78, 5) is 11.9. The van der Waals surface area contributed by atoms with Crippen molar-refractivity contribution in [3.05, 3.63) is 44.4 Å². The Morgan fingerprint density at radius 3 is 2.79 bits per heavy atom. The standard InChI is InChI=1S/C11H10Cl2N4OS/c1-17-9(15-16-11(17)19)5-14-10(18)6-2-3-7(12)8(13)4-6/h2-4H,5H2,1H3,(H,14,18)(H,16,19). The predicted molar refractivity (Wildman–Crippen MR) is 76.0 cm³/mol. The number of H-pyrrole nitrogens is 1. The van der Waals surface area contributed by atoms with Crippen LogP contribution in [0, 0.1) is 4.77 Å². The monoisotopic (exact) mass is 316 g/mol. The molecule has 2 aromatic rings. The summed E-state index contributed by atoms with van der Waals surface area (Å²) in [5.41, 5.74) is 0.436.